The zero-order valence-electron chi connectivity index (χ0n) is 21.4. The van der Waals surface area contributed by atoms with E-state index in [4.69, 9.17) is 4.98 Å². The van der Waals surface area contributed by atoms with Gasteiger partial charge in [-0.3, -0.25) is 18.8 Å². The van der Waals surface area contributed by atoms with Crippen LogP contribution in [0.5, 0.6) is 0 Å². The molecule has 40 heavy (non-hydrogen) atoms. The number of carbonyl (C=O) groups is 1. The smallest absolute Gasteiger partial charge is 0.306 e. The van der Waals surface area contributed by atoms with Gasteiger partial charge in [-0.25, -0.2) is 9.37 Å². The average Bonchev–Trinajstić information content (AvgIpc) is 3.51. The van der Waals surface area contributed by atoms with Crippen LogP contribution >= 0.6 is 0 Å². The number of rotatable bonds is 6. The number of amides is 1. The number of halogens is 4. The zero-order valence-corrected chi connectivity index (χ0v) is 21.4. The van der Waals surface area contributed by atoms with Crippen molar-refractivity contribution in [1.29, 1.82) is 0 Å². The number of alkyl halides is 4. The highest BCUT2D eigenvalue weighted by atomic mass is 19.4. The van der Waals surface area contributed by atoms with Gasteiger partial charge in [0.2, 0.25) is 0 Å². The third-order valence-electron chi connectivity index (χ3n) is 6.85. The number of benzene rings is 2. The number of anilines is 1. The minimum Gasteiger partial charge on any atom is -0.306 e. The molecule has 1 fully saturated rings. The van der Waals surface area contributed by atoms with Crippen LogP contribution in [0.4, 0.5) is 23.4 Å². The predicted octanol–water partition coefficient (Wildman–Crippen LogP) is 5.83. The number of hydrogen-bond donors (Lipinski definition) is 1. The van der Waals surface area contributed by atoms with Crippen molar-refractivity contribution in [3.05, 3.63) is 95.8 Å². The maximum absolute atomic E-state index is 13.8. The highest BCUT2D eigenvalue weighted by Gasteiger charge is 2.35. The Labute approximate surface area is 226 Å². The van der Waals surface area contributed by atoms with Crippen LogP contribution in [0.3, 0.4) is 0 Å². The van der Waals surface area contributed by atoms with E-state index in [1.807, 2.05) is 53.6 Å². The lowest BCUT2D eigenvalue weighted by Crippen LogP contribution is -2.47. The fourth-order valence-corrected chi connectivity index (χ4v) is 4.88. The van der Waals surface area contributed by atoms with Crippen LogP contribution in [0, 0.1) is 0 Å². The van der Waals surface area contributed by atoms with Crippen molar-refractivity contribution in [2.45, 2.75) is 18.9 Å². The van der Waals surface area contributed by atoms with Crippen molar-refractivity contribution in [2.75, 3.05) is 18.4 Å². The number of aryl methyl sites for hydroxylation is 1. The fraction of sp³-hybridized carbons (Fsp3) is 0.207. The Bertz CT molecular complexity index is 1700. The first-order chi connectivity index (χ1) is 19.2. The van der Waals surface area contributed by atoms with E-state index < -0.39 is 23.8 Å². The van der Waals surface area contributed by atoms with Crippen molar-refractivity contribution in [2.24, 2.45) is 7.05 Å². The molecule has 1 saturated heterocycles. The first-order valence-electron chi connectivity index (χ1n) is 12.6. The SMILES string of the molecule is Cn1ccc(-c2cc(C(=O)Nc3c(-c4ccccc4)nc4ccc(CN5CC(F)C5)cn34)ccc2C(F)(F)F)n1. The summed E-state index contributed by atoms with van der Waals surface area (Å²) in [7, 11) is 1.61. The van der Waals surface area contributed by atoms with Crippen LogP contribution in [0.2, 0.25) is 0 Å². The number of nitrogens with zero attached hydrogens (tertiary/aromatic N) is 5. The van der Waals surface area contributed by atoms with Crippen molar-refractivity contribution in [3.8, 4) is 22.5 Å². The van der Waals surface area contributed by atoms with E-state index in [0.29, 0.717) is 36.8 Å². The summed E-state index contributed by atoms with van der Waals surface area (Å²) in [6, 6.07) is 17.7. The molecule has 0 unspecified atom stereocenters. The van der Waals surface area contributed by atoms with E-state index in [9.17, 15) is 22.4 Å². The number of pyridine rings is 1. The van der Waals surface area contributed by atoms with Gasteiger partial charge in [-0.1, -0.05) is 36.4 Å². The Morgan fingerprint density at radius 3 is 2.50 bits per heavy atom. The molecule has 1 amide bonds. The summed E-state index contributed by atoms with van der Waals surface area (Å²) in [5.41, 5.74) is 1.82. The average molecular weight is 549 g/mol. The Hall–Kier alpha value is -4.51. The van der Waals surface area contributed by atoms with Crippen LogP contribution in [-0.2, 0) is 19.8 Å². The van der Waals surface area contributed by atoms with E-state index in [-0.39, 0.29) is 16.8 Å². The third kappa shape index (κ3) is 4.95. The molecule has 1 aliphatic heterocycles. The van der Waals surface area contributed by atoms with Gasteiger partial charge < -0.3 is 5.32 Å². The molecular weight excluding hydrogens is 524 g/mol. The molecule has 0 radical (unpaired) electrons. The highest BCUT2D eigenvalue weighted by molar-refractivity contribution is 6.06. The number of imidazole rings is 1. The van der Waals surface area contributed by atoms with Gasteiger partial charge in [0, 0.05) is 55.8 Å². The Kier molecular flexibility index (Phi) is 6.38. The minimum atomic E-state index is -4.63. The molecule has 6 rings (SSSR count). The van der Waals surface area contributed by atoms with Gasteiger partial charge in [0.1, 0.15) is 23.3 Å². The molecular formula is C29H24F4N6O. The van der Waals surface area contributed by atoms with Gasteiger partial charge in [-0.05, 0) is 35.9 Å². The van der Waals surface area contributed by atoms with Gasteiger partial charge in [0.15, 0.2) is 0 Å². The van der Waals surface area contributed by atoms with Crippen molar-refractivity contribution >= 4 is 17.4 Å². The number of likely N-dealkylation sites (tertiary alicyclic amines) is 1. The third-order valence-corrected chi connectivity index (χ3v) is 6.85. The Morgan fingerprint density at radius 1 is 1.05 bits per heavy atom. The summed E-state index contributed by atoms with van der Waals surface area (Å²) in [4.78, 5) is 20.2. The van der Waals surface area contributed by atoms with Crippen LogP contribution in [0.15, 0.2) is 79.1 Å². The van der Waals surface area contributed by atoms with Gasteiger partial charge in [-0.15, -0.1) is 0 Å². The molecule has 2 aromatic carbocycles. The molecule has 11 heteroatoms. The number of fused-ring (bicyclic) bond motifs is 1. The van der Waals surface area contributed by atoms with Gasteiger partial charge in [0.05, 0.1) is 11.3 Å². The molecule has 7 nitrogen and oxygen atoms in total. The lowest BCUT2D eigenvalue weighted by molar-refractivity contribution is -0.137. The maximum atomic E-state index is 13.8. The fourth-order valence-electron chi connectivity index (χ4n) is 4.88. The number of aromatic nitrogens is 4. The van der Waals surface area contributed by atoms with Crippen molar-refractivity contribution in [1.82, 2.24) is 24.1 Å². The molecule has 0 bridgehead atoms. The second-order valence-corrected chi connectivity index (χ2v) is 9.82. The topological polar surface area (TPSA) is 67.5 Å². The standard InChI is InChI=1S/C29H24F4N6O/c1-37-12-11-24(36-37)22-13-20(8-9-23(22)29(31,32)33)28(40)35-27-26(19-5-3-2-4-6-19)34-25-10-7-18(15-39(25)27)14-38-16-21(30)17-38/h2-13,15,21H,14,16-17H2,1H3,(H,35,40). The van der Waals surface area contributed by atoms with E-state index >= 15 is 0 Å². The largest absolute Gasteiger partial charge is 0.417 e. The van der Waals surface area contributed by atoms with Crippen LogP contribution in [-0.4, -0.2) is 49.2 Å². The minimum absolute atomic E-state index is 0.0355. The first-order valence-corrected chi connectivity index (χ1v) is 12.6. The first kappa shape index (κ1) is 25.8. The summed E-state index contributed by atoms with van der Waals surface area (Å²) in [5, 5.41) is 7.01. The molecule has 204 valence electrons. The van der Waals surface area contributed by atoms with Crippen molar-refractivity contribution in [3.63, 3.8) is 0 Å². The number of carbonyl (C=O) groups excluding carboxylic acids is 1. The van der Waals surface area contributed by atoms with Crippen LogP contribution in [0.1, 0.15) is 21.5 Å². The van der Waals surface area contributed by atoms with Crippen molar-refractivity contribution < 1.29 is 22.4 Å². The van der Waals surface area contributed by atoms with E-state index in [0.717, 1.165) is 23.3 Å². The summed E-state index contributed by atoms with van der Waals surface area (Å²) in [6.07, 6.45) is -2.07. The molecule has 1 aliphatic rings. The quantitative estimate of drug-likeness (QED) is 0.271. The van der Waals surface area contributed by atoms with Gasteiger partial charge >= 0.3 is 6.18 Å². The molecule has 0 atom stereocenters. The molecule has 4 heterocycles. The van der Waals surface area contributed by atoms with E-state index in [1.165, 1.54) is 23.0 Å². The molecule has 3 aromatic heterocycles. The summed E-state index contributed by atoms with van der Waals surface area (Å²) in [6.45, 7) is 1.27. The molecule has 0 spiro atoms. The Morgan fingerprint density at radius 2 is 1.82 bits per heavy atom. The Balaban J connectivity index is 1.40. The summed E-state index contributed by atoms with van der Waals surface area (Å²) in [5.74, 6) is -0.224. The lowest BCUT2D eigenvalue weighted by atomic mass is 10.0. The zero-order chi connectivity index (χ0) is 28.0. The summed E-state index contributed by atoms with van der Waals surface area (Å²) >= 11 is 0. The molecule has 5 aromatic rings. The van der Waals surface area contributed by atoms with Crippen LogP contribution in [0.25, 0.3) is 28.2 Å². The number of hydrogen-bond acceptors (Lipinski definition) is 4. The van der Waals surface area contributed by atoms with E-state index in [2.05, 4.69) is 10.4 Å². The predicted molar refractivity (Wildman–Crippen MR) is 142 cm³/mol. The second kappa shape index (κ2) is 9.91. The normalized spacial score (nSPS) is 14.4. The monoisotopic (exact) mass is 548 g/mol. The molecule has 0 aliphatic carbocycles. The summed E-state index contributed by atoms with van der Waals surface area (Å²) < 4.78 is 57.9. The van der Waals surface area contributed by atoms with E-state index in [1.54, 1.807) is 11.4 Å². The maximum Gasteiger partial charge on any atom is 0.417 e. The molecule has 0 saturated carbocycles. The van der Waals surface area contributed by atoms with Gasteiger partial charge in [-0.2, -0.15) is 18.3 Å². The number of nitrogens with one attached hydrogen (secondary N) is 1. The second-order valence-electron chi connectivity index (χ2n) is 9.82. The molecule has 1 N–H and O–H groups in total. The van der Waals surface area contributed by atoms with Gasteiger partial charge in [0.25, 0.3) is 5.91 Å². The highest BCUT2D eigenvalue weighted by Crippen LogP contribution is 2.37. The lowest BCUT2D eigenvalue weighted by Gasteiger charge is -2.34. The van der Waals surface area contributed by atoms with Crippen LogP contribution < -0.4 is 5.32 Å².